The van der Waals surface area contributed by atoms with Crippen molar-refractivity contribution < 1.29 is 18.8 Å². The minimum absolute atomic E-state index is 0.131. The van der Waals surface area contributed by atoms with Crippen LogP contribution < -0.4 is 10.2 Å². The summed E-state index contributed by atoms with van der Waals surface area (Å²) in [4.78, 5) is 2.26. The second-order valence-corrected chi connectivity index (χ2v) is 7.72. The van der Waals surface area contributed by atoms with Crippen LogP contribution in [0.3, 0.4) is 0 Å². The fourth-order valence-electron chi connectivity index (χ4n) is 2.86. The first-order valence-electron chi connectivity index (χ1n) is 8.65. The van der Waals surface area contributed by atoms with E-state index in [-0.39, 0.29) is 24.4 Å². The van der Waals surface area contributed by atoms with Gasteiger partial charge in [-0.05, 0) is 52.3 Å². The van der Waals surface area contributed by atoms with Crippen LogP contribution in [0.2, 0.25) is 0 Å². The minimum atomic E-state index is -0.334. The Morgan fingerprint density at radius 2 is 1.75 bits per heavy atom. The molecule has 24 heavy (non-hydrogen) atoms. The number of benzene rings is 1. The van der Waals surface area contributed by atoms with Gasteiger partial charge in [-0.1, -0.05) is 12.1 Å². The van der Waals surface area contributed by atoms with Gasteiger partial charge in [0.15, 0.2) is 0 Å². The zero-order chi connectivity index (χ0) is 17.4. The van der Waals surface area contributed by atoms with E-state index < -0.39 is 0 Å². The van der Waals surface area contributed by atoms with E-state index in [0.717, 1.165) is 30.9 Å². The summed E-state index contributed by atoms with van der Waals surface area (Å²) >= 11 is 0. The van der Waals surface area contributed by atoms with E-state index in [9.17, 15) is 0 Å². The Hall–Kier alpha value is -1.08. The van der Waals surface area contributed by atoms with Crippen molar-refractivity contribution in [1.82, 2.24) is 4.90 Å². The van der Waals surface area contributed by atoms with Gasteiger partial charge in [0, 0.05) is 13.1 Å². The maximum atomic E-state index is 6.07. The molecule has 3 rings (SSSR count). The average molecular weight is 333 g/mol. The number of hydrogen-bond acceptors (Lipinski definition) is 5. The molecule has 2 aliphatic rings. The second-order valence-electron chi connectivity index (χ2n) is 7.72. The van der Waals surface area contributed by atoms with Crippen molar-refractivity contribution in [3.63, 3.8) is 0 Å². The number of likely N-dealkylation sites (N-methyl/N-ethyl adjacent to an activating group) is 1. The van der Waals surface area contributed by atoms with Crippen molar-refractivity contribution in [2.45, 2.75) is 45.0 Å². The van der Waals surface area contributed by atoms with Crippen LogP contribution >= 0.6 is 0 Å². The van der Waals surface area contributed by atoms with Crippen molar-refractivity contribution in [2.75, 3.05) is 33.4 Å². The van der Waals surface area contributed by atoms with E-state index in [2.05, 4.69) is 39.6 Å². The molecule has 0 amide bonds. The number of nitrogens with zero attached hydrogens (tertiary/aromatic N) is 1. The van der Waals surface area contributed by atoms with Gasteiger partial charge in [-0.25, -0.2) is 0 Å². The fraction of sp³-hybridized carbons (Fsp3) is 0.667. The lowest BCUT2D eigenvalue weighted by Gasteiger charge is -2.32. The summed E-state index contributed by atoms with van der Waals surface area (Å²) in [6.45, 7) is 11.5. The van der Waals surface area contributed by atoms with E-state index >= 15 is 0 Å². The molecule has 1 aromatic carbocycles. The Balaban J connectivity index is 1.56. The van der Waals surface area contributed by atoms with Crippen LogP contribution in [-0.2, 0) is 14.0 Å². The topological polar surface area (TPSA) is 40.2 Å². The zero-order valence-corrected chi connectivity index (χ0v) is 15.4. The molecule has 2 heterocycles. The van der Waals surface area contributed by atoms with Crippen LogP contribution in [-0.4, -0.2) is 62.7 Å². The van der Waals surface area contributed by atoms with E-state index in [1.165, 1.54) is 0 Å². The van der Waals surface area contributed by atoms with Gasteiger partial charge >= 0.3 is 7.12 Å². The van der Waals surface area contributed by atoms with Crippen molar-refractivity contribution >= 4 is 12.6 Å². The number of rotatable bonds is 4. The summed E-state index contributed by atoms with van der Waals surface area (Å²) in [5, 5.41) is 0. The molecule has 0 N–H and O–H groups in total. The lowest BCUT2D eigenvalue weighted by atomic mass is 9.79. The van der Waals surface area contributed by atoms with Gasteiger partial charge in [0.2, 0.25) is 0 Å². The largest absolute Gasteiger partial charge is 0.494 e. The zero-order valence-electron chi connectivity index (χ0n) is 15.4. The summed E-state index contributed by atoms with van der Waals surface area (Å²) in [5.41, 5.74) is 0.364. The molecule has 6 heteroatoms. The van der Waals surface area contributed by atoms with E-state index in [4.69, 9.17) is 18.8 Å². The van der Waals surface area contributed by atoms with Crippen molar-refractivity contribution in [2.24, 2.45) is 0 Å². The molecule has 1 aromatic rings. The molecule has 0 radical (unpaired) electrons. The van der Waals surface area contributed by atoms with Crippen LogP contribution in [0.4, 0.5) is 0 Å². The van der Waals surface area contributed by atoms with Crippen LogP contribution in [0, 0.1) is 0 Å². The van der Waals surface area contributed by atoms with Gasteiger partial charge in [0.05, 0.1) is 17.8 Å². The van der Waals surface area contributed by atoms with Gasteiger partial charge in [-0.2, -0.15) is 0 Å². The lowest BCUT2D eigenvalue weighted by Crippen LogP contribution is -2.42. The highest BCUT2D eigenvalue weighted by atomic mass is 16.7. The molecule has 1 unspecified atom stereocenters. The average Bonchev–Trinajstić information content (AvgIpc) is 2.74. The summed E-state index contributed by atoms with van der Waals surface area (Å²) in [6, 6.07) is 7.94. The highest BCUT2D eigenvalue weighted by Gasteiger charge is 2.51. The van der Waals surface area contributed by atoms with E-state index in [1.54, 1.807) is 0 Å². The van der Waals surface area contributed by atoms with Crippen LogP contribution in [0.25, 0.3) is 0 Å². The van der Waals surface area contributed by atoms with Crippen molar-refractivity contribution in [1.29, 1.82) is 0 Å². The highest BCUT2D eigenvalue weighted by molar-refractivity contribution is 6.62. The standard InChI is InChI=1S/C18H28BNO4/c1-17(2)18(3,4)24-19(23-17)14-6-8-15(9-7-14)22-13-16-12-20(5)10-11-21-16/h6-9,16H,10-13H2,1-5H3. The van der Waals surface area contributed by atoms with Gasteiger partial charge in [-0.3, -0.25) is 0 Å². The molecular weight excluding hydrogens is 305 g/mol. The van der Waals surface area contributed by atoms with Gasteiger partial charge in [0.1, 0.15) is 18.5 Å². The SMILES string of the molecule is CN1CCOC(COc2ccc(B3OC(C)(C)C(C)(C)O3)cc2)C1. The smallest absolute Gasteiger partial charge is 0.491 e. The maximum absolute atomic E-state index is 6.07. The molecule has 5 nitrogen and oxygen atoms in total. The fourth-order valence-corrected chi connectivity index (χ4v) is 2.86. The molecule has 2 aliphatic heterocycles. The third kappa shape index (κ3) is 3.77. The predicted molar refractivity (Wildman–Crippen MR) is 94.9 cm³/mol. The summed E-state index contributed by atoms with van der Waals surface area (Å²) in [7, 11) is 1.77. The first-order valence-corrected chi connectivity index (χ1v) is 8.65. The van der Waals surface area contributed by atoms with Crippen LogP contribution in [0.15, 0.2) is 24.3 Å². The Kier molecular flexibility index (Phi) is 4.93. The minimum Gasteiger partial charge on any atom is -0.491 e. The molecule has 2 saturated heterocycles. The third-order valence-electron chi connectivity index (χ3n) is 5.18. The Morgan fingerprint density at radius 1 is 1.12 bits per heavy atom. The molecule has 132 valence electrons. The second kappa shape index (κ2) is 6.67. The van der Waals surface area contributed by atoms with E-state index in [1.807, 2.05) is 24.3 Å². The summed E-state index contributed by atoms with van der Waals surface area (Å²) in [6.07, 6.45) is 0.131. The molecule has 0 bridgehead atoms. The molecular formula is C18H28BNO4. The van der Waals surface area contributed by atoms with Gasteiger partial charge in [-0.15, -0.1) is 0 Å². The number of morpholine rings is 1. The predicted octanol–water partition coefficient (Wildman–Crippen LogP) is 1.70. The summed E-state index contributed by atoms with van der Waals surface area (Å²) in [5.74, 6) is 0.840. The monoisotopic (exact) mass is 333 g/mol. The van der Waals surface area contributed by atoms with Crippen LogP contribution in [0.5, 0.6) is 5.75 Å². The molecule has 0 aromatic heterocycles. The Morgan fingerprint density at radius 3 is 2.33 bits per heavy atom. The highest BCUT2D eigenvalue weighted by Crippen LogP contribution is 2.36. The Labute approximate surface area is 145 Å². The van der Waals surface area contributed by atoms with Crippen LogP contribution in [0.1, 0.15) is 27.7 Å². The molecule has 0 spiro atoms. The van der Waals surface area contributed by atoms with Crippen molar-refractivity contribution in [3.8, 4) is 5.75 Å². The maximum Gasteiger partial charge on any atom is 0.494 e. The quantitative estimate of drug-likeness (QED) is 0.785. The Bertz CT molecular complexity index is 545. The normalized spacial score (nSPS) is 26.5. The lowest BCUT2D eigenvalue weighted by molar-refractivity contribution is -0.0403. The van der Waals surface area contributed by atoms with Gasteiger partial charge < -0.3 is 23.7 Å². The number of ether oxygens (including phenoxy) is 2. The summed E-state index contributed by atoms with van der Waals surface area (Å²) < 4.78 is 23.7. The molecule has 0 aliphatic carbocycles. The van der Waals surface area contributed by atoms with Gasteiger partial charge in [0.25, 0.3) is 0 Å². The molecule has 0 saturated carbocycles. The van der Waals surface area contributed by atoms with Crippen molar-refractivity contribution in [3.05, 3.63) is 24.3 Å². The molecule has 1 atom stereocenters. The number of hydrogen-bond donors (Lipinski definition) is 0. The van der Waals surface area contributed by atoms with E-state index in [0.29, 0.717) is 6.61 Å². The first-order chi connectivity index (χ1) is 11.3. The molecule has 2 fully saturated rings. The third-order valence-corrected chi connectivity index (χ3v) is 5.18. The first kappa shape index (κ1) is 17.7.